The largest absolute Gasteiger partial charge is 0.480 e. The van der Waals surface area contributed by atoms with Gasteiger partial charge in [-0.3, -0.25) is 4.79 Å². The SMILES string of the molecule is CCCC(CCO)CNS(=O)(=O)C(C)C(=O)O. The Morgan fingerprint density at radius 2 is 1.94 bits per heavy atom. The summed E-state index contributed by atoms with van der Waals surface area (Å²) >= 11 is 0. The number of rotatable bonds is 9. The number of aliphatic carboxylic acids is 1. The summed E-state index contributed by atoms with van der Waals surface area (Å²) in [6, 6.07) is 0. The van der Waals surface area contributed by atoms with Crippen LogP contribution in [-0.2, 0) is 14.8 Å². The molecular formula is C10H21NO5S. The first-order valence-corrected chi connectivity index (χ1v) is 7.21. The smallest absolute Gasteiger partial charge is 0.323 e. The lowest BCUT2D eigenvalue weighted by molar-refractivity contribution is -0.136. The fourth-order valence-corrected chi connectivity index (χ4v) is 2.41. The molecule has 0 heterocycles. The van der Waals surface area contributed by atoms with E-state index >= 15 is 0 Å². The Kier molecular flexibility index (Phi) is 7.33. The number of aliphatic hydroxyl groups is 1. The van der Waals surface area contributed by atoms with Gasteiger partial charge >= 0.3 is 5.97 Å². The molecule has 0 spiro atoms. The number of sulfonamides is 1. The molecule has 0 aliphatic heterocycles. The number of carboxylic acids is 1. The van der Waals surface area contributed by atoms with Gasteiger partial charge in [-0.1, -0.05) is 13.3 Å². The van der Waals surface area contributed by atoms with Gasteiger partial charge in [0.05, 0.1) is 0 Å². The highest BCUT2D eigenvalue weighted by atomic mass is 32.2. The van der Waals surface area contributed by atoms with Crippen molar-refractivity contribution in [1.82, 2.24) is 4.72 Å². The van der Waals surface area contributed by atoms with E-state index in [-0.39, 0.29) is 19.1 Å². The number of nitrogens with one attached hydrogen (secondary N) is 1. The molecule has 0 saturated heterocycles. The van der Waals surface area contributed by atoms with E-state index in [9.17, 15) is 13.2 Å². The second kappa shape index (κ2) is 7.62. The molecule has 0 aliphatic carbocycles. The number of hydrogen-bond acceptors (Lipinski definition) is 4. The average molecular weight is 267 g/mol. The van der Waals surface area contributed by atoms with Crippen molar-refractivity contribution in [3.05, 3.63) is 0 Å². The summed E-state index contributed by atoms with van der Waals surface area (Å²) in [5.41, 5.74) is 0. The van der Waals surface area contributed by atoms with Crippen LogP contribution >= 0.6 is 0 Å². The van der Waals surface area contributed by atoms with Crippen LogP contribution in [0.25, 0.3) is 0 Å². The van der Waals surface area contributed by atoms with Gasteiger partial charge in [-0.25, -0.2) is 13.1 Å². The Balaban J connectivity index is 4.37. The van der Waals surface area contributed by atoms with E-state index in [1.165, 1.54) is 0 Å². The van der Waals surface area contributed by atoms with E-state index in [2.05, 4.69) is 4.72 Å². The molecule has 0 radical (unpaired) electrons. The molecule has 0 aromatic rings. The van der Waals surface area contributed by atoms with Crippen LogP contribution in [0.5, 0.6) is 0 Å². The van der Waals surface area contributed by atoms with E-state index in [0.717, 1.165) is 19.8 Å². The zero-order chi connectivity index (χ0) is 13.5. The molecule has 0 rings (SSSR count). The zero-order valence-electron chi connectivity index (χ0n) is 10.2. The minimum Gasteiger partial charge on any atom is -0.480 e. The van der Waals surface area contributed by atoms with Crippen LogP contribution in [0.2, 0.25) is 0 Å². The van der Waals surface area contributed by atoms with Crippen molar-refractivity contribution in [2.24, 2.45) is 5.92 Å². The van der Waals surface area contributed by atoms with Crippen LogP contribution in [0.1, 0.15) is 33.1 Å². The lowest BCUT2D eigenvalue weighted by Gasteiger charge is -2.17. The van der Waals surface area contributed by atoms with E-state index < -0.39 is 21.2 Å². The lowest BCUT2D eigenvalue weighted by atomic mass is 10.0. The summed E-state index contributed by atoms with van der Waals surface area (Å²) in [7, 11) is -3.82. The van der Waals surface area contributed by atoms with Gasteiger partial charge in [0, 0.05) is 13.2 Å². The van der Waals surface area contributed by atoms with Crippen LogP contribution in [-0.4, -0.2) is 43.0 Å². The number of carbonyl (C=O) groups is 1. The van der Waals surface area contributed by atoms with Gasteiger partial charge in [-0.2, -0.15) is 0 Å². The molecule has 102 valence electrons. The second-order valence-electron chi connectivity index (χ2n) is 4.04. The fraction of sp³-hybridized carbons (Fsp3) is 0.900. The third kappa shape index (κ3) is 5.99. The average Bonchev–Trinajstić information content (AvgIpc) is 2.25. The van der Waals surface area contributed by atoms with Crippen molar-refractivity contribution < 1.29 is 23.4 Å². The van der Waals surface area contributed by atoms with Gasteiger partial charge in [0.15, 0.2) is 5.25 Å². The maximum absolute atomic E-state index is 11.5. The summed E-state index contributed by atoms with van der Waals surface area (Å²) in [6.07, 6.45) is 2.20. The number of aliphatic hydroxyl groups excluding tert-OH is 1. The highest BCUT2D eigenvalue weighted by Gasteiger charge is 2.27. The van der Waals surface area contributed by atoms with Crippen LogP contribution in [0, 0.1) is 5.92 Å². The zero-order valence-corrected chi connectivity index (χ0v) is 11.0. The molecule has 0 fully saturated rings. The molecular weight excluding hydrogens is 246 g/mol. The van der Waals surface area contributed by atoms with E-state index in [1.54, 1.807) is 0 Å². The first-order chi connectivity index (χ1) is 7.85. The Bertz CT molecular complexity index is 322. The normalized spacial score (nSPS) is 15.5. The first kappa shape index (κ1) is 16.3. The van der Waals surface area contributed by atoms with Crippen LogP contribution in [0.15, 0.2) is 0 Å². The molecule has 0 aromatic heterocycles. The van der Waals surface area contributed by atoms with Gasteiger partial charge in [-0.05, 0) is 25.7 Å². The third-order valence-electron chi connectivity index (χ3n) is 2.62. The quantitative estimate of drug-likeness (QED) is 0.553. The minimum absolute atomic E-state index is 0.000871. The fourth-order valence-electron chi connectivity index (χ4n) is 1.43. The summed E-state index contributed by atoms with van der Waals surface area (Å²) < 4.78 is 25.4. The topological polar surface area (TPSA) is 104 Å². The molecule has 7 heteroatoms. The van der Waals surface area contributed by atoms with Gasteiger partial charge in [0.2, 0.25) is 10.0 Å². The van der Waals surface area contributed by atoms with Crippen molar-refractivity contribution in [2.45, 2.75) is 38.4 Å². The van der Waals surface area contributed by atoms with E-state index in [4.69, 9.17) is 10.2 Å². The summed E-state index contributed by atoms with van der Waals surface area (Å²) in [5, 5.41) is 16.0. The Hall–Kier alpha value is -0.660. The molecule has 2 unspecified atom stereocenters. The van der Waals surface area contributed by atoms with Crippen LogP contribution in [0.4, 0.5) is 0 Å². The Morgan fingerprint density at radius 1 is 1.35 bits per heavy atom. The van der Waals surface area contributed by atoms with Gasteiger partial charge < -0.3 is 10.2 Å². The summed E-state index contributed by atoms with van der Waals surface area (Å²) in [5.74, 6) is -1.33. The number of hydrogen-bond donors (Lipinski definition) is 3. The molecule has 2 atom stereocenters. The molecule has 0 aromatic carbocycles. The molecule has 0 aliphatic rings. The third-order valence-corrected chi connectivity index (χ3v) is 4.32. The minimum atomic E-state index is -3.82. The van der Waals surface area contributed by atoms with E-state index in [0.29, 0.717) is 6.42 Å². The van der Waals surface area contributed by atoms with Crippen molar-refractivity contribution in [3.63, 3.8) is 0 Å². The maximum atomic E-state index is 11.5. The Morgan fingerprint density at radius 3 is 2.35 bits per heavy atom. The summed E-state index contributed by atoms with van der Waals surface area (Å²) in [6.45, 7) is 3.28. The predicted molar refractivity (Wildman–Crippen MR) is 64.1 cm³/mol. The van der Waals surface area contributed by atoms with Crippen molar-refractivity contribution >= 4 is 16.0 Å². The standard InChI is InChI=1S/C10H21NO5S/c1-3-4-9(5-6-12)7-11-17(15,16)8(2)10(13)14/h8-9,11-12H,3-7H2,1-2H3,(H,13,14). The molecule has 17 heavy (non-hydrogen) atoms. The van der Waals surface area contributed by atoms with Gasteiger partial charge in [0.25, 0.3) is 0 Å². The van der Waals surface area contributed by atoms with E-state index in [1.807, 2.05) is 6.92 Å². The molecule has 6 nitrogen and oxygen atoms in total. The molecule has 3 N–H and O–H groups in total. The maximum Gasteiger partial charge on any atom is 0.323 e. The van der Waals surface area contributed by atoms with Crippen molar-refractivity contribution in [2.75, 3.05) is 13.2 Å². The molecule has 0 saturated carbocycles. The highest BCUT2D eigenvalue weighted by Crippen LogP contribution is 2.10. The summed E-state index contributed by atoms with van der Waals surface area (Å²) in [4.78, 5) is 10.6. The van der Waals surface area contributed by atoms with Gasteiger partial charge in [-0.15, -0.1) is 0 Å². The van der Waals surface area contributed by atoms with Crippen LogP contribution in [0.3, 0.4) is 0 Å². The van der Waals surface area contributed by atoms with Crippen molar-refractivity contribution in [1.29, 1.82) is 0 Å². The molecule has 0 amide bonds. The Labute approximate surface area is 102 Å². The second-order valence-corrected chi connectivity index (χ2v) is 6.13. The molecule has 0 bridgehead atoms. The number of carboxylic acid groups (broad SMARTS) is 1. The van der Waals surface area contributed by atoms with Gasteiger partial charge in [0.1, 0.15) is 0 Å². The monoisotopic (exact) mass is 267 g/mol. The van der Waals surface area contributed by atoms with Crippen LogP contribution < -0.4 is 4.72 Å². The predicted octanol–water partition coefficient (Wildman–Crippen LogP) is 0.178. The highest BCUT2D eigenvalue weighted by molar-refractivity contribution is 7.90. The van der Waals surface area contributed by atoms with Crippen molar-refractivity contribution in [3.8, 4) is 0 Å². The lowest BCUT2D eigenvalue weighted by Crippen LogP contribution is -2.39. The first-order valence-electron chi connectivity index (χ1n) is 5.67.